The van der Waals surface area contributed by atoms with Gasteiger partial charge in [0.05, 0.1) is 22.4 Å². The van der Waals surface area contributed by atoms with Crippen molar-refractivity contribution in [3.63, 3.8) is 0 Å². The average molecular weight is 641 g/mol. The number of anilines is 3. The summed E-state index contributed by atoms with van der Waals surface area (Å²) in [5.41, 5.74) is 11.4. The molecule has 0 fully saturated rings. The Bertz CT molecular complexity index is 2650. The van der Waals surface area contributed by atoms with Gasteiger partial charge in [-0.2, -0.15) is 0 Å². The quantitative estimate of drug-likeness (QED) is 0.179. The molecule has 0 saturated heterocycles. The van der Waals surface area contributed by atoms with Crippen molar-refractivity contribution in [3.05, 3.63) is 176 Å². The molecule has 50 heavy (non-hydrogen) atoms. The van der Waals surface area contributed by atoms with Gasteiger partial charge in [-0.25, -0.2) is 0 Å². The van der Waals surface area contributed by atoms with E-state index in [1.807, 2.05) is 0 Å². The number of hydrogen-bond acceptors (Lipinski definition) is 2. The molecule has 0 saturated carbocycles. The number of hydrogen-bond donors (Lipinski definition) is 0. The summed E-state index contributed by atoms with van der Waals surface area (Å²) in [6.45, 7) is -0.0851. The van der Waals surface area contributed by atoms with Crippen molar-refractivity contribution < 1.29 is 4.74 Å². The monoisotopic (exact) mass is 640 g/mol. The van der Waals surface area contributed by atoms with Crippen molar-refractivity contribution in [2.24, 2.45) is 0 Å². The minimum absolute atomic E-state index is 0.0851. The number of rotatable bonds is 4. The van der Waals surface area contributed by atoms with Gasteiger partial charge >= 0.3 is 6.98 Å². The van der Waals surface area contributed by atoms with Gasteiger partial charge in [-0.1, -0.05) is 97.1 Å². The number of aromatic nitrogens is 3. The van der Waals surface area contributed by atoms with Crippen molar-refractivity contribution in [1.29, 1.82) is 0 Å². The topological polar surface area (TPSA) is 27.3 Å². The zero-order valence-corrected chi connectivity index (χ0v) is 27.0. The van der Waals surface area contributed by atoms with Crippen LogP contribution in [-0.2, 0) is 0 Å². The molecule has 0 atom stereocenters. The largest absolute Gasteiger partial charge is 0.442 e. The number of nitrogens with zero attached hydrogens (tertiary/aromatic N) is 4. The number of benzene rings is 6. The molecule has 6 aromatic carbocycles. The summed E-state index contributed by atoms with van der Waals surface area (Å²) in [5.74, 6) is 2.79. The van der Waals surface area contributed by atoms with Crippen LogP contribution in [0.2, 0.25) is 0 Å². The van der Waals surface area contributed by atoms with Gasteiger partial charge in [-0.3, -0.25) is 4.90 Å². The molecular weight excluding hydrogens is 611 g/mol. The van der Waals surface area contributed by atoms with Crippen LogP contribution in [0.25, 0.3) is 49.7 Å². The molecule has 0 amide bonds. The van der Waals surface area contributed by atoms with Crippen molar-refractivity contribution in [2.45, 2.75) is 0 Å². The molecule has 3 aromatic heterocycles. The van der Waals surface area contributed by atoms with Crippen LogP contribution in [0.15, 0.2) is 176 Å². The predicted molar refractivity (Wildman–Crippen MR) is 205 cm³/mol. The normalized spacial score (nSPS) is 12.9. The second-order valence-electron chi connectivity index (χ2n) is 13.1. The van der Waals surface area contributed by atoms with E-state index in [9.17, 15) is 0 Å². The van der Waals surface area contributed by atoms with Gasteiger partial charge in [0.25, 0.3) is 0 Å². The maximum atomic E-state index is 6.80. The first kappa shape index (κ1) is 27.3. The van der Waals surface area contributed by atoms with Crippen molar-refractivity contribution >= 4 is 51.4 Å². The smallest absolute Gasteiger partial charge is 0.429 e. The Hall–Kier alpha value is -6.66. The first-order valence-electron chi connectivity index (χ1n) is 17.0. The van der Waals surface area contributed by atoms with Gasteiger partial charge in [0.2, 0.25) is 0 Å². The molecule has 0 spiro atoms. The summed E-state index contributed by atoms with van der Waals surface area (Å²) in [5, 5.41) is 2.46. The van der Waals surface area contributed by atoms with E-state index in [-0.39, 0.29) is 6.98 Å². The summed E-state index contributed by atoms with van der Waals surface area (Å²) in [4.78, 5) is 2.42. The van der Waals surface area contributed by atoms with E-state index >= 15 is 0 Å². The number of ether oxygens (including phenoxy) is 1. The first-order valence-corrected chi connectivity index (χ1v) is 17.0. The zero-order valence-electron chi connectivity index (χ0n) is 27.0. The summed E-state index contributed by atoms with van der Waals surface area (Å²) in [7, 11) is 0. The lowest BCUT2D eigenvalue weighted by Crippen LogP contribution is -2.52. The lowest BCUT2D eigenvalue weighted by atomic mass is 9.63. The summed E-state index contributed by atoms with van der Waals surface area (Å²) < 4.78 is 13.8. The van der Waals surface area contributed by atoms with Crippen LogP contribution >= 0.6 is 0 Å². The maximum Gasteiger partial charge on any atom is 0.429 e. The van der Waals surface area contributed by atoms with Crippen LogP contribution in [-0.4, -0.2) is 20.5 Å². The van der Waals surface area contributed by atoms with Gasteiger partial charge in [0.15, 0.2) is 5.88 Å². The third-order valence-electron chi connectivity index (χ3n) is 10.3. The third kappa shape index (κ3) is 3.90. The Balaban J connectivity index is 1.22. The first-order chi connectivity index (χ1) is 24.8. The lowest BCUT2D eigenvalue weighted by Gasteiger charge is -2.40. The van der Waals surface area contributed by atoms with Gasteiger partial charge < -0.3 is 18.3 Å². The molecule has 0 N–H and O–H groups in total. The Morgan fingerprint density at radius 1 is 0.460 bits per heavy atom. The number of fused-ring (bicyclic) bond motifs is 7. The molecule has 234 valence electrons. The SMILES string of the molecule is c1ccc(-c2cc(-c3ccccc3)cc(N3c4cc(-n5c6ccccc6c6ccccc65)cc5c4B(n4cccc4O5)n4cccc43)c2)cc1. The predicted octanol–water partition coefficient (Wildman–Crippen LogP) is 10.4. The molecule has 5 nitrogen and oxygen atoms in total. The fraction of sp³-hybridized carbons (Fsp3) is 0. The van der Waals surface area contributed by atoms with E-state index < -0.39 is 0 Å². The highest BCUT2D eigenvalue weighted by Gasteiger charge is 2.43. The van der Waals surface area contributed by atoms with Crippen LogP contribution in [0, 0.1) is 0 Å². The van der Waals surface area contributed by atoms with E-state index in [4.69, 9.17) is 4.74 Å². The highest BCUT2D eigenvalue weighted by atomic mass is 16.5. The molecule has 0 radical (unpaired) electrons. The average Bonchev–Trinajstić information content (AvgIpc) is 3.93. The summed E-state index contributed by atoms with van der Waals surface area (Å²) in [6, 6.07) is 58.7. The van der Waals surface area contributed by atoms with Crippen molar-refractivity contribution in [2.75, 3.05) is 4.90 Å². The second-order valence-corrected chi connectivity index (χ2v) is 13.1. The zero-order chi connectivity index (χ0) is 32.8. The Labute approximate surface area is 289 Å². The van der Waals surface area contributed by atoms with Gasteiger partial charge in [-0.05, 0) is 95.3 Å². The van der Waals surface area contributed by atoms with Crippen molar-refractivity contribution in [3.8, 4) is 39.6 Å². The fourth-order valence-electron chi connectivity index (χ4n) is 8.16. The Morgan fingerprint density at radius 2 is 1.06 bits per heavy atom. The lowest BCUT2D eigenvalue weighted by molar-refractivity contribution is 0.453. The fourth-order valence-corrected chi connectivity index (χ4v) is 8.16. The van der Waals surface area contributed by atoms with Crippen LogP contribution in [0.3, 0.4) is 0 Å². The van der Waals surface area contributed by atoms with E-state index in [1.165, 1.54) is 44.1 Å². The summed E-state index contributed by atoms with van der Waals surface area (Å²) in [6.07, 6.45) is 4.31. The van der Waals surface area contributed by atoms with E-state index in [0.717, 1.165) is 40.0 Å². The molecule has 0 bridgehead atoms. The van der Waals surface area contributed by atoms with Gasteiger partial charge in [0.1, 0.15) is 11.6 Å². The molecule has 5 heterocycles. The molecule has 11 rings (SSSR count). The molecule has 0 aliphatic carbocycles. The Morgan fingerprint density at radius 3 is 1.74 bits per heavy atom. The second kappa shape index (κ2) is 10.4. The highest BCUT2D eigenvalue weighted by Crippen LogP contribution is 2.46. The standard InChI is InChI=1S/C44H29BN4O/c1-3-13-30(14-4-1)32-25-33(31-15-5-2-6-16-31)27-34(26-32)49-40-28-35(48-38-19-9-7-17-36(38)37-18-8-10-20-39(37)48)29-41-44(40)45(46-23-11-21-42(46)49)47-24-12-22-43(47)50-41/h1-29H. The van der Waals surface area contributed by atoms with Crippen LogP contribution in [0.5, 0.6) is 11.6 Å². The van der Waals surface area contributed by atoms with Crippen LogP contribution in [0.4, 0.5) is 17.2 Å². The van der Waals surface area contributed by atoms with E-state index in [0.29, 0.717) is 0 Å². The van der Waals surface area contributed by atoms with Gasteiger partial charge in [0, 0.05) is 28.0 Å². The highest BCUT2D eigenvalue weighted by molar-refractivity contribution is 6.74. The minimum Gasteiger partial charge on any atom is -0.442 e. The van der Waals surface area contributed by atoms with Crippen molar-refractivity contribution in [1.82, 2.24) is 13.5 Å². The number of para-hydroxylation sites is 2. The molecular formula is C44H29BN4O. The molecule has 2 aliphatic rings. The van der Waals surface area contributed by atoms with Gasteiger partial charge in [-0.15, -0.1) is 0 Å². The summed E-state index contributed by atoms with van der Waals surface area (Å²) >= 11 is 0. The van der Waals surface area contributed by atoms with Crippen LogP contribution in [0.1, 0.15) is 0 Å². The minimum atomic E-state index is -0.0851. The molecule has 9 aromatic rings. The molecule has 6 heteroatoms. The molecule has 2 aliphatic heterocycles. The Kier molecular flexibility index (Phi) is 5.69. The maximum absolute atomic E-state index is 6.80. The molecule has 0 unspecified atom stereocenters. The van der Waals surface area contributed by atoms with Crippen LogP contribution < -0.4 is 15.1 Å². The van der Waals surface area contributed by atoms with E-state index in [2.05, 4.69) is 195 Å². The third-order valence-corrected chi connectivity index (χ3v) is 10.3. The van der Waals surface area contributed by atoms with E-state index in [1.54, 1.807) is 0 Å².